The molecule has 1 aliphatic rings. The van der Waals surface area contributed by atoms with Crippen LogP contribution in [0.5, 0.6) is 0 Å². The standard InChI is InChI=1S/C35H35ClFN5O4S/c1-7-26(43)41-14-11-21(12-15-41)28-22-16-24(36)29(27-19(4)8-9-25-23(27)17-39-40-25)30(37)33(22)42(35(44)34(28)47(6,45)46)32-20(5)10-13-38-31(32)18(2)3/h7-10,13,16-18,21H,1,11-12,14-15H2,2-6H3,(H,39,40). The number of sulfone groups is 1. The summed E-state index contributed by atoms with van der Waals surface area (Å²) in [6, 6.07) is 6.97. The molecular weight excluding hydrogens is 641 g/mol. The number of aromatic nitrogens is 4. The zero-order chi connectivity index (χ0) is 33.9. The molecule has 2 aromatic carbocycles. The fourth-order valence-electron chi connectivity index (χ4n) is 6.94. The number of halogens is 2. The van der Waals surface area contributed by atoms with Crippen LogP contribution in [0.3, 0.4) is 0 Å². The van der Waals surface area contributed by atoms with E-state index in [9.17, 15) is 18.0 Å². The number of nitrogens with zero attached hydrogens (tertiary/aromatic N) is 4. The van der Waals surface area contributed by atoms with Crippen molar-refractivity contribution in [2.75, 3.05) is 19.3 Å². The summed E-state index contributed by atoms with van der Waals surface area (Å²) in [6.07, 6.45) is 6.17. The van der Waals surface area contributed by atoms with Crippen molar-refractivity contribution in [1.82, 2.24) is 24.6 Å². The molecule has 244 valence electrons. The number of amides is 1. The number of rotatable bonds is 6. The first kappa shape index (κ1) is 32.6. The monoisotopic (exact) mass is 675 g/mol. The predicted octanol–water partition coefficient (Wildman–Crippen LogP) is 6.76. The smallest absolute Gasteiger partial charge is 0.274 e. The number of likely N-dealkylation sites (tertiary alicyclic amines) is 1. The van der Waals surface area contributed by atoms with E-state index < -0.39 is 32.0 Å². The highest BCUT2D eigenvalue weighted by Gasteiger charge is 2.35. The van der Waals surface area contributed by atoms with Crippen molar-refractivity contribution >= 4 is 49.2 Å². The number of pyridine rings is 2. The van der Waals surface area contributed by atoms with Gasteiger partial charge in [0.25, 0.3) is 5.56 Å². The number of benzene rings is 2. The number of carbonyl (C=O) groups excluding carboxylic acids is 1. The zero-order valence-corrected chi connectivity index (χ0v) is 28.4. The van der Waals surface area contributed by atoms with Gasteiger partial charge >= 0.3 is 0 Å². The SMILES string of the molecule is C=CC(=O)N1CCC(c2c(S(C)(=O)=O)c(=O)n(-c3c(C)ccnc3C(C)C)c3c(F)c(-c4c(C)ccc5[nH]ncc45)c(Cl)cc23)CC1. The summed E-state index contributed by atoms with van der Waals surface area (Å²) in [5, 5.41) is 8.00. The van der Waals surface area contributed by atoms with Crippen molar-refractivity contribution in [1.29, 1.82) is 0 Å². The van der Waals surface area contributed by atoms with Crippen LogP contribution in [0.2, 0.25) is 5.02 Å². The van der Waals surface area contributed by atoms with Crippen LogP contribution < -0.4 is 5.56 Å². The van der Waals surface area contributed by atoms with E-state index in [1.54, 1.807) is 36.4 Å². The number of H-pyrrole nitrogens is 1. The van der Waals surface area contributed by atoms with E-state index in [0.29, 0.717) is 59.3 Å². The zero-order valence-electron chi connectivity index (χ0n) is 26.8. The number of fused-ring (bicyclic) bond motifs is 2. The minimum atomic E-state index is -4.16. The summed E-state index contributed by atoms with van der Waals surface area (Å²) >= 11 is 7.01. The van der Waals surface area contributed by atoms with Gasteiger partial charge in [-0.25, -0.2) is 12.8 Å². The molecule has 47 heavy (non-hydrogen) atoms. The van der Waals surface area contributed by atoms with Gasteiger partial charge in [-0.2, -0.15) is 5.10 Å². The molecule has 1 N–H and O–H groups in total. The molecule has 1 fully saturated rings. The highest BCUT2D eigenvalue weighted by atomic mass is 35.5. The normalized spacial score (nSPS) is 14.4. The molecule has 6 rings (SSSR count). The number of aromatic amines is 1. The Morgan fingerprint density at radius 2 is 1.83 bits per heavy atom. The first-order chi connectivity index (χ1) is 22.3. The number of aryl methyl sites for hydroxylation is 2. The average Bonchev–Trinajstić information content (AvgIpc) is 3.50. The number of nitrogens with one attached hydrogen (secondary N) is 1. The summed E-state index contributed by atoms with van der Waals surface area (Å²) in [7, 11) is -4.16. The van der Waals surface area contributed by atoms with E-state index in [-0.39, 0.29) is 38.9 Å². The van der Waals surface area contributed by atoms with Gasteiger partial charge in [0.15, 0.2) is 15.7 Å². The molecule has 0 unspecified atom stereocenters. The van der Waals surface area contributed by atoms with E-state index in [0.717, 1.165) is 11.8 Å². The van der Waals surface area contributed by atoms with Crippen LogP contribution in [0.4, 0.5) is 4.39 Å². The third-order valence-corrected chi connectivity index (χ3v) is 10.5. The average molecular weight is 676 g/mol. The quantitative estimate of drug-likeness (QED) is 0.199. The lowest BCUT2D eigenvalue weighted by Crippen LogP contribution is -2.38. The second-order valence-electron chi connectivity index (χ2n) is 12.5. The molecule has 4 heterocycles. The summed E-state index contributed by atoms with van der Waals surface area (Å²) in [5.74, 6) is -1.65. The molecule has 5 aromatic rings. The maximum absolute atomic E-state index is 17.7. The molecule has 9 nitrogen and oxygen atoms in total. The van der Waals surface area contributed by atoms with Gasteiger partial charge in [0.1, 0.15) is 4.90 Å². The lowest BCUT2D eigenvalue weighted by Gasteiger charge is -2.33. The van der Waals surface area contributed by atoms with Crippen LogP contribution in [-0.2, 0) is 14.6 Å². The molecule has 0 aliphatic carbocycles. The number of carbonyl (C=O) groups is 1. The first-order valence-electron chi connectivity index (χ1n) is 15.4. The Labute approximate surface area is 277 Å². The molecule has 0 atom stereocenters. The summed E-state index contributed by atoms with van der Waals surface area (Å²) in [4.78, 5) is 33.0. The molecule has 1 amide bonds. The van der Waals surface area contributed by atoms with Crippen molar-refractivity contribution in [2.45, 2.75) is 57.3 Å². The highest BCUT2D eigenvalue weighted by Crippen LogP contribution is 2.45. The molecule has 1 aliphatic heterocycles. The van der Waals surface area contributed by atoms with Crippen LogP contribution in [0.25, 0.3) is 38.6 Å². The molecule has 0 saturated carbocycles. The fourth-order valence-corrected chi connectivity index (χ4v) is 8.31. The highest BCUT2D eigenvalue weighted by molar-refractivity contribution is 7.90. The van der Waals surface area contributed by atoms with E-state index in [1.807, 2.05) is 32.9 Å². The minimum absolute atomic E-state index is 0.0592. The van der Waals surface area contributed by atoms with Crippen LogP contribution >= 0.6 is 11.6 Å². The topological polar surface area (TPSA) is 118 Å². The van der Waals surface area contributed by atoms with Gasteiger partial charge in [0.2, 0.25) is 5.91 Å². The predicted molar refractivity (Wildman–Crippen MR) is 183 cm³/mol. The second kappa shape index (κ2) is 12.0. The Balaban J connectivity index is 1.81. The van der Waals surface area contributed by atoms with Crippen LogP contribution in [0, 0.1) is 19.7 Å². The third kappa shape index (κ3) is 5.35. The lowest BCUT2D eigenvalue weighted by molar-refractivity contribution is -0.127. The molecule has 0 bridgehead atoms. The molecule has 12 heteroatoms. The maximum atomic E-state index is 17.7. The van der Waals surface area contributed by atoms with Crippen molar-refractivity contribution in [3.05, 3.63) is 92.9 Å². The van der Waals surface area contributed by atoms with Crippen molar-refractivity contribution in [3.63, 3.8) is 0 Å². The minimum Gasteiger partial charge on any atom is -0.339 e. The number of hydrogen-bond donors (Lipinski definition) is 1. The van der Waals surface area contributed by atoms with Gasteiger partial charge in [-0.1, -0.05) is 38.1 Å². The third-order valence-electron chi connectivity index (χ3n) is 9.12. The van der Waals surface area contributed by atoms with Crippen LogP contribution in [0.1, 0.15) is 60.9 Å². The number of hydrogen-bond acceptors (Lipinski definition) is 6. The van der Waals surface area contributed by atoms with Crippen molar-refractivity contribution in [2.24, 2.45) is 0 Å². The van der Waals surface area contributed by atoms with Crippen LogP contribution in [-0.4, -0.2) is 58.3 Å². The summed E-state index contributed by atoms with van der Waals surface area (Å²) < 4.78 is 46.2. The van der Waals surface area contributed by atoms with E-state index >= 15 is 4.39 Å². The van der Waals surface area contributed by atoms with Gasteiger partial charge in [-0.15, -0.1) is 0 Å². The van der Waals surface area contributed by atoms with E-state index in [2.05, 4.69) is 21.8 Å². The van der Waals surface area contributed by atoms with Crippen molar-refractivity contribution < 1.29 is 17.6 Å². The van der Waals surface area contributed by atoms with Crippen molar-refractivity contribution in [3.8, 4) is 16.8 Å². The Kier molecular flexibility index (Phi) is 8.34. The molecule has 1 saturated heterocycles. The molecular formula is C35H35ClFN5O4S. The first-order valence-corrected chi connectivity index (χ1v) is 17.6. The Hall–Kier alpha value is -4.35. The molecule has 0 spiro atoms. The summed E-state index contributed by atoms with van der Waals surface area (Å²) in [6.45, 7) is 11.6. The molecule has 3 aromatic heterocycles. The van der Waals surface area contributed by atoms with E-state index in [4.69, 9.17) is 11.6 Å². The Bertz CT molecular complexity index is 2290. The lowest BCUT2D eigenvalue weighted by atomic mass is 9.86. The van der Waals surface area contributed by atoms with Gasteiger partial charge in [-0.3, -0.25) is 24.2 Å². The van der Waals surface area contributed by atoms with Gasteiger partial charge < -0.3 is 4.90 Å². The number of piperidine rings is 1. The largest absolute Gasteiger partial charge is 0.339 e. The van der Waals surface area contributed by atoms with Gasteiger partial charge in [0, 0.05) is 47.4 Å². The van der Waals surface area contributed by atoms with E-state index in [1.165, 1.54) is 10.6 Å². The maximum Gasteiger partial charge on any atom is 0.274 e. The molecule has 0 radical (unpaired) electrons. The van der Waals surface area contributed by atoms with Gasteiger partial charge in [0.05, 0.1) is 33.6 Å². The Morgan fingerprint density at radius 3 is 2.47 bits per heavy atom. The Morgan fingerprint density at radius 1 is 1.13 bits per heavy atom. The summed E-state index contributed by atoms with van der Waals surface area (Å²) in [5.41, 5.74) is 2.74. The second-order valence-corrected chi connectivity index (χ2v) is 14.9. The fraction of sp³-hybridized carbons (Fsp3) is 0.314. The van der Waals surface area contributed by atoms with Crippen LogP contribution in [0.15, 0.2) is 59.0 Å². The van der Waals surface area contributed by atoms with Gasteiger partial charge in [-0.05, 0) is 79.5 Å².